The number of anilines is 2. The molecule has 0 aliphatic carbocycles. The molecule has 0 saturated heterocycles. The van der Waals surface area contributed by atoms with Crippen molar-refractivity contribution in [2.75, 3.05) is 5.32 Å². The molecule has 138 valence electrons. The third-order valence-corrected chi connectivity index (χ3v) is 3.83. The molecule has 7 nitrogen and oxygen atoms in total. The highest BCUT2D eigenvalue weighted by atomic mass is 35.5. The summed E-state index contributed by atoms with van der Waals surface area (Å²) in [5, 5.41) is 24.5. The summed E-state index contributed by atoms with van der Waals surface area (Å²) in [6.45, 7) is 1.48. The number of benzene rings is 2. The summed E-state index contributed by atoms with van der Waals surface area (Å²) in [5.74, 6) is 0. The maximum absolute atomic E-state index is 13.4. The number of nitrogens with one attached hydrogen (secondary N) is 1. The Labute approximate surface area is 153 Å². The molecular weight excluding hydrogens is 402 g/mol. The van der Waals surface area contributed by atoms with Gasteiger partial charge in [0.2, 0.25) is 0 Å². The molecule has 0 bridgehead atoms. The number of halogens is 5. The molecule has 0 radical (unpaired) electrons. The second kappa shape index (κ2) is 6.96. The van der Waals surface area contributed by atoms with E-state index in [2.05, 4.69) is 5.32 Å². The van der Waals surface area contributed by atoms with Crippen LogP contribution in [0.25, 0.3) is 0 Å². The molecule has 0 spiro atoms. The van der Waals surface area contributed by atoms with Gasteiger partial charge >= 0.3 is 6.18 Å². The van der Waals surface area contributed by atoms with Gasteiger partial charge in [0.05, 0.1) is 32.2 Å². The van der Waals surface area contributed by atoms with E-state index >= 15 is 0 Å². The second-order valence-corrected chi connectivity index (χ2v) is 5.95. The molecule has 0 heterocycles. The van der Waals surface area contributed by atoms with Gasteiger partial charge in [-0.15, -0.1) is 0 Å². The van der Waals surface area contributed by atoms with E-state index in [9.17, 15) is 33.4 Å². The minimum atomic E-state index is -5.09. The van der Waals surface area contributed by atoms with Crippen molar-refractivity contribution in [3.8, 4) is 0 Å². The van der Waals surface area contributed by atoms with Gasteiger partial charge in [-0.05, 0) is 24.6 Å². The molecule has 0 aliphatic rings. The van der Waals surface area contributed by atoms with Gasteiger partial charge in [-0.1, -0.05) is 23.2 Å². The number of non-ortho nitro benzene ring substituents is 1. The van der Waals surface area contributed by atoms with Gasteiger partial charge in [0.1, 0.15) is 5.69 Å². The zero-order chi connectivity index (χ0) is 19.8. The average molecular weight is 410 g/mol. The smallest absolute Gasteiger partial charge is 0.348 e. The van der Waals surface area contributed by atoms with Crippen LogP contribution in [-0.2, 0) is 6.18 Å². The summed E-state index contributed by atoms with van der Waals surface area (Å²) >= 11 is 11.7. The Hall–Kier alpha value is -2.59. The van der Waals surface area contributed by atoms with E-state index in [1.165, 1.54) is 19.1 Å². The van der Waals surface area contributed by atoms with E-state index in [1.807, 2.05) is 0 Å². The van der Waals surface area contributed by atoms with Gasteiger partial charge < -0.3 is 5.32 Å². The van der Waals surface area contributed by atoms with Crippen LogP contribution in [0.15, 0.2) is 24.3 Å². The van der Waals surface area contributed by atoms with E-state index in [0.717, 1.165) is 0 Å². The van der Waals surface area contributed by atoms with Crippen molar-refractivity contribution < 1.29 is 23.0 Å². The zero-order valence-corrected chi connectivity index (χ0v) is 14.2. The fraction of sp³-hybridized carbons (Fsp3) is 0.143. The van der Waals surface area contributed by atoms with E-state index in [-0.39, 0.29) is 21.8 Å². The first kappa shape index (κ1) is 19.7. The van der Waals surface area contributed by atoms with Crippen LogP contribution in [0.2, 0.25) is 10.0 Å². The number of nitro groups is 2. The second-order valence-electron chi connectivity index (χ2n) is 5.10. The van der Waals surface area contributed by atoms with Gasteiger partial charge in [-0.25, -0.2) is 0 Å². The number of rotatable bonds is 4. The third-order valence-electron chi connectivity index (χ3n) is 3.32. The van der Waals surface area contributed by atoms with E-state index in [4.69, 9.17) is 23.2 Å². The van der Waals surface area contributed by atoms with E-state index in [0.29, 0.717) is 11.6 Å². The summed E-state index contributed by atoms with van der Waals surface area (Å²) in [7, 11) is 0. The third kappa shape index (κ3) is 3.97. The van der Waals surface area contributed by atoms with Crippen LogP contribution >= 0.6 is 23.2 Å². The Morgan fingerprint density at radius 1 is 1.00 bits per heavy atom. The minimum absolute atomic E-state index is 0.0430. The highest BCUT2D eigenvalue weighted by Gasteiger charge is 2.40. The van der Waals surface area contributed by atoms with E-state index < -0.39 is 38.6 Å². The largest absolute Gasteiger partial charge is 0.418 e. The predicted octanol–water partition coefficient (Wildman–Crippen LogP) is 5.88. The number of hydrogen-bond donors (Lipinski definition) is 1. The number of alkyl halides is 3. The first-order chi connectivity index (χ1) is 11.9. The monoisotopic (exact) mass is 409 g/mol. The standard InChI is InChI=1S/C14H8Cl2F3N3O4/c1-6-2-7(15)3-10(16)12(6)20-13-9(14(17,18)19)4-8(21(23)24)5-11(13)22(25)26/h2-5,20H,1H3. The molecule has 0 unspecified atom stereocenters. The molecule has 2 rings (SSSR count). The highest BCUT2D eigenvalue weighted by molar-refractivity contribution is 6.36. The molecule has 0 amide bonds. The van der Waals surface area contributed by atoms with Gasteiger partial charge in [0, 0.05) is 11.1 Å². The van der Waals surface area contributed by atoms with Gasteiger partial charge in [0.15, 0.2) is 0 Å². The van der Waals surface area contributed by atoms with Crippen LogP contribution in [0.3, 0.4) is 0 Å². The molecule has 0 aromatic heterocycles. The normalized spacial score (nSPS) is 11.3. The Morgan fingerprint density at radius 3 is 2.08 bits per heavy atom. The minimum Gasteiger partial charge on any atom is -0.348 e. The van der Waals surface area contributed by atoms with Crippen molar-refractivity contribution in [1.82, 2.24) is 0 Å². The number of aryl methyl sites for hydroxylation is 1. The van der Waals surface area contributed by atoms with Crippen molar-refractivity contribution in [2.24, 2.45) is 0 Å². The van der Waals surface area contributed by atoms with Crippen molar-refractivity contribution in [2.45, 2.75) is 13.1 Å². The van der Waals surface area contributed by atoms with Gasteiger partial charge in [-0.3, -0.25) is 20.2 Å². The summed E-state index contributed by atoms with van der Waals surface area (Å²) in [6.07, 6.45) is -5.09. The molecule has 1 N–H and O–H groups in total. The Kier molecular flexibility index (Phi) is 5.28. The molecule has 0 atom stereocenters. The lowest BCUT2D eigenvalue weighted by Gasteiger charge is -2.17. The van der Waals surface area contributed by atoms with Crippen molar-refractivity contribution in [1.29, 1.82) is 0 Å². The highest BCUT2D eigenvalue weighted by Crippen LogP contribution is 2.45. The maximum Gasteiger partial charge on any atom is 0.418 e. The average Bonchev–Trinajstić information content (AvgIpc) is 2.48. The summed E-state index contributed by atoms with van der Waals surface area (Å²) < 4.78 is 40.1. The fourth-order valence-electron chi connectivity index (χ4n) is 2.20. The molecule has 0 saturated carbocycles. The molecule has 0 fully saturated rings. The zero-order valence-electron chi connectivity index (χ0n) is 12.7. The molecule has 2 aromatic carbocycles. The van der Waals surface area contributed by atoms with Gasteiger partial charge in [0.25, 0.3) is 11.4 Å². The van der Waals surface area contributed by atoms with Gasteiger partial charge in [-0.2, -0.15) is 13.2 Å². The maximum atomic E-state index is 13.4. The summed E-state index contributed by atoms with van der Waals surface area (Å²) in [5.41, 5.74) is -4.42. The van der Waals surface area contributed by atoms with Crippen LogP contribution in [0.1, 0.15) is 11.1 Å². The van der Waals surface area contributed by atoms with Crippen molar-refractivity contribution in [3.63, 3.8) is 0 Å². The molecule has 0 aliphatic heterocycles. The Bertz CT molecular complexity index is 896. The topological polar surface area (TPSA) is 98.3 Å². The quantitative estimate of drug-likeness (QED) is 0.501. The first-order valence-corrected chi connectivity index (χ1v) is 7.44. The Balaban J connectivity index is 2.78. The number of nitro benzene ring substituents is 2. The first-order valence-electron chi connectivity index (χ1n) is 6.68. The SMILES string of the molecule is Cc1cc(Cl)cc(Cl)c1Nc1c([N+](=O)[O-])cc([N+](=O)[O-])cc1C(F)(F)F. The van der Waals surface area contributed by atoms with Crippen LogP contribution < -0.4 is 5.32 Å². The van der Waals surface area contributed by atoms with Crippen LogP contribution in [0, 0.1) is 27.2 Å². The van der Waals surface area contributed by atoms with E-state index in [1.54, 1.807) is 0 Å². The molecule has 26 heavy (non-hydrogen) atoms. The predicted molar refractivity (Wildman–Crippen MR) is 89.2 cm³/mol. The lowest BCUT2D eigenvalue weighted by atomic mass is 10.1. The van der Waals surface area contributed by atoms with Crippen LogP contribution in [-0.4, -0.2) is 9.85 Å². The molecule has 12 heteroatoms. The van der Waals surface area contributed by atoms with Crippen LogP contribution in [0.5, 0.6) is 0 Å². The lowest BCUT2D eigenvalue weighted by molar-refractivity contribution is -0.394. The Morgan fingerprint density at radius 2 is 1.62 bits per heavy atom. The number of hydrogen-bond acceptors (Lipinski definition) is 5. The fourth-order valence-corrected chi connectivity index (χ4v) is 2.84. The van der Waals surface area contributed by atoms with Crippen LogP contribution in [0.4, 0.5) is 35.9 Å². The van der Waals surface area contributed by atoms with Crippen molar-refractivity contribution in [3.05, 3.63) is 65.7 Å². The molecular formula is C14H8Cl2F3N3O4. The number of nitrogens with zero attached hydrogens (tertiary/aromatic N) is 2. The molecule has 2 aromatic rings. The van der Waals surface area contributed by atoms with Crippen molar-refractivity contribution >= 4 is 46.0 Å². The summed E-state index contributed by atoms with van der Waals surface area (Å²) in [6, 6.07) is 3.29. The summed E-state index contributed by atoms with van der Waals surface area (Å²) in [4.78, 5) is 19.7. The lowest BCUT2D eigenvalue weighted by Crippen LogP contribution is -2.12.